The van der Waals surface area contributed by atoms with E-state index in [9.17, 15) is 4.79 Å². The van der Waals surface area contributed by atoms with Crippen molar-refractivity contribution in [2.45, 2.75) is 27.2 Å². The quantitative estimate of drug-likeness (QED) is 0.885. The van der Waals surface area contributed by atoms with Gasteiger partial charge in [-0.3, -0.25) is 4.79 Å². The summed E-state index contributed by atoms with van der Waals surface area (Å²) in [5.41, 5.74) is 2.50. The molecule has 1 aromatic carbocycles. The number of aromatic nitrogens is 2. The second kappa shape index (κ2) is 6.83. The predicted molar refractivity (Wildman–Crippen MR) is 83.9 cm³/mol. The van der Waals surface area contributed by atoms with Gasteiger partial charge in [0.15, 0.2) is 0 Å². The molecule has 0 aliphatic rings. The average Bonchev–Trinajstić information content (AvgIpc) is 2.46. The van der Waals surface area contributed by atoms with Gasteiger partial charge in [-0.25, -0.2) is 9.97 Å². The van der Waals surface area contributed by atoms with Crippen LogP contribution in [0.5, 0.6) is 0 Å². The lowest BCUT2D eigenvalue weighted by Crippen LogP contribution is -2.25. The number of carbonyl (C=O) groups excluding carboxylic acids is 1. The van der Waals surface area contributed by atoms with E-state index in [1.54, 1.807) is 13.0 Å². The molecule has 2 aromatic rings. The van der Waals surface area contributed by atoms with Gasteiger partial charge in [0.2, 0.25) is 0 Å². The normalized spacial score (nSPS) is 10.2. The second-order valence-corrected chi connectivity index (χ2v) is 4.93. The highest BCUT2D eigenvalue weighted by molar-refractivity contribution is 5.93. The number of hydrogen-bond acceptors (Lipinski definition) is 4. The number of anilines is 2. The molecule has 1 amide bonds. The van der Waals surface area contributed by atoms with Gasteiger partial charge >= 0.3 is 0 Å². The Morgan fingerprint density at radius 3 is 2.52 bits per heavy atom. The number of benzene rings is 1. The predicted octanol–water partition coefficient (Wildman–Crippen LogP) is 2.98. The summed E-state index contributed by atoms with van der Waals surface area (Å²) in [6, 6.07) is 9.65. The topological polar surface area (TPSA) is 66.9 Å². The molecule has 0 saturated heterocycles. The summed E-state index contributed by atoms with van der Waals surface area (Å²) in [5.74, 6) is 1.01. The number of nitrogens with zero attached hydrogens (tertiary/aromatic N) is 2. The molecule has 0 radical (unpaired) electrons. The van der Waals surface area contributed by atoms with Crippen molar-refractivity contribution in [3.63, 3.8) is 0 Å². The first-order valence-electron chi connectivity index (χ1n) is 7.06. The molecule has 5 heteroatoms. The molecule has 1 heterocycles. The standard InChI is InChI=1S/C16H20N4O/c1-4-9-17-16(21)14-10-15(19-12(3)18-14)20-13-7-5-11(2)6-8-13/h5-8,10H,4,9H2,1-3H3,(H,17,21)(H,18,19,20). The van der Waals surface area contributed by atoms with Gasteiger partial charge in [-0.15, -0.1) is 0 Å². The van der Waals surface area contributed by atoms with Gasteiger partial charge in [-0.1, -0.05) is 24.6 Å². The average molecular weight is 284 g/mol. The highest BCUT2D eigenvalue weighted by Gasteiger charge is 2.09. The number of amides is 1. The Morgan fingerprint density at radius 1 is 1.14 bits per heavy atom. The van der Waals surface area contributed by atoms with Crippen LogP contribution in [-0.4, -0.2) is 22.4 Å². The van der Waals surface area contributed by atoms with Gasteiger partial charge in [0.25, 0.3) is 5.91 Å². The van der Waals surface area contributed by atoms with Gasteiger partial charge < -0.3 is 10.6 Å². The Morgan fingerprint density at radius 2 is 1.86 bits per heavy atom. The van der Waals surface area contributed by atoms with E-state index in [1.165, 1.54) is 5.56 Å². The lowest BCUT2D eigenvalue weighted by molar-refractivity contribution is 0.0948. The number of rotatable bonds is 5. The molecule has 0 fully saturated rings. The zero-order chi connectivity index (χ0) is 15.2. The van der Waals surface area contributed by atoms with Gasteiger partial charge in [-0.2, -0.15) is 0 Å². The van der Waals surface area contributed by atoms with Crippen molar-refractivity contribution in [3.8, 4) is 0 Å². The molecule has 0 aliphatic heterocycles. The maximum atomic E-state index is 12.0. The summed E-state index contributed by atoms with van der Waals surface area (Å²) in [6.45, 7) is 6.46. The smallest absolute Gasteiger partial charge is 0.270 e. The maximum Gasteiger partial charge on any atom is 0.270 e. The lowest BCUT2D eigenvalue weighted by atomic mass is 10.2. The van der Waals surface area contributed by atoms with Crippen LogP contribution in [-0.2, 0) is 0 Å². The summed E-state index contributed by atoms with van der Waals surface area (Å²) < 4.78 is 0. The minimum atomic E-state index is -0.172. The number of aryl methyl sites for hydroxylation is 2. The van der Waals surface area contributed by atoms with Crippen molar-refractivity contribution < 1.29 is 4.79 Å². The van der Waals surface area contributed by atoms with Crippen molar-refractivity contribution in [2.75, 3.05) is 11.9 Å². The van der Waals surface area contributed by atoms with Crippen LogP contribution in [0.4, 0.5) is 11.5 Å². The van der Waals surface area contributed by atoms with Crippen LogP contribution >= 0.6 is 0 Å². The largest absolute Gasteiger partial charge is 0.351 e. The molecule has 21 heavy (non-hydrogen) atoms. The van der Waals surface area contributed by atoms with E-state index in [1.807, 2.05) is 38.1 Å². The van der Waals surface area contributed by atoms with E-state index in [4.69, 9.17) is 0 Å². The highest BCUT2D eigenvalue weighted by atomic mass is 16.1. The fraction of sp³-hybridized carbons (Fsp3) is 0.312. The third-order valence-electron chi connectivity index (χ3n) is 2.93. The zero-order valence-electron chi connectivity index (χ0n) is 12.6. The molecule has 0 saturated carbocycles. The molecule has 2 rings (SSSR count). The first-order valence-corrected chi connectivity index (χ1v) is 7.06. The monoisotopic (exact) mass is 284 g/mol. The maximum absolute atomic E-state index is 12.0. The minimum Gasteiger partial charge on any atom is -0.351 e. The number of nitrogens with one attached hydrogen (secondary N) is 2. The van der Waals surface area contributed by atoms with Crippen LogP contribution < -0.4 is 10.6 Å². The van der Waals surface area contributed by atoms with Gasteiger partial charge in [0, 0.05) is 18.3 Å². The van der Waals surface area contributed by atoms with Crippen molar-refractivity contribution in [2.24, 2.45) is 0 Å². The molecular formula is C16H20N4O. The van der Waals surface area contributed by atoms with Crippen LogP contribution in [0.1, 0.15) is 35.2 Å². The third-order valence-corrected chi connectivity index (χ3v) is 2.93. The van der Waals surface area contributed by atoms with Crippen LogP contribution in [0.25, 0.3) is 0 Å². The van der Waals surface area contributed by atoms with Crippen molar-refractivity contribution in [3.05, 3.63) is 47.4 Å². The van der Waals surface area contributed by atoms with E-state index < -0.39 is 0 Å². The molecule has 0 atom stereocenters. The molecule has 0 spiro atoms. The molecule has 0 aliphatic carbocycles. The van der Waals surface area contributed by atoms with Gasteiger partial charge in [0.05, 0.1) is 0 Å². The van der Waals surface area contributed by atoms with Crippen LogP contribution in [0.15, 0.2) is 30.3 Å². The Balaban J connectivity index is 2.18. The second-order valence-electron chi connectivity index (χ2n) is 4.93. The van der Waals surface area contributed by atoms with Gasteiger partial charge in [0.1, 0.15) is 17.3 Å². The highest BCUT2D eigenvalue weighted by Crippen LogP contribution is 2.16. The summed E-state index contributed by atoms with van der Waals surface area (Å²) in [6.07, 6.45) is 0.893. The Labute approximate surface area is 124 Å². The molecule has 110 valence electrons. The van der Waals surface area contributed by atoms with Gasteiger partial charge in [-0.05, 0) is 32.4 Å². The summed E-state index contributed by atoms with van der Waals surface area (Å²) in [7, 11) is 0. The molecule has 0 unspecified atom stereocenters. The fourth-order valence-electron chi connectivity index (χ4n) is 1.86. The number of carbonyl (C=O) groups is 1. The van der Waals surface area contributed by atoms with Crippen molar-refractivity contribution >= 4 is 17.4 Å². The Bertz CT molecular complexity index is 623. The minimum absolute atomic E-state index is 0.172. The molecular weight excluding hydrogens is 264 g/mol. The Kier molecular flexibility index (Phi) is 4.87. The molecule has 0 bridgehead atoms. The van der Waals surface area contributed by atoms with E-state index in [0.717, 1.165) is 12.1 Å². The SMILES string of the molecule is CCCNC(=O)c1cc(Nc2ccc(C)cc2)nc(C)n1. The number of hydrogen-bond donors (Lipinski definition) is 2. The fourth-order valence-corrected chi connectivity index (χ4v) is 1.86. The molecule has 1 aromatic heterocycles. The van der Waals surface area contributed by atoms with Crippen molar-refractivity contribution in [1.29, 1.82) is 0 Å². The molecule has 5 nitrogen and oxygen atoms in total. The summed E-state index contributed by atoms with van der Waals surface area (Å²) in [5, 5.41) is 6.01. The summed E-state index contributed by atoms with van der Waals surface area (Å²) >= 11 is 0. The van der Waals surface area contributed by atoms with Crippen LogP contribution in [0.3, 0.4) is 0 Å². The van der Waals surface area contributed by atoms with E-state index in [2.05, 4.69) is 20.6 Å². The van der Waals surface area contributed by atoms with E-state index in [0.29, 0.717) is 23.9 Å². The summed E-state index contributed by atoms with van der Waals surface area (Å²) in [4.78, 5) is 20.5. The van der Waals surface area contributed by atoms with Crippen LogP contribution in [0.2, 0.25) is 0 Å². The first-order chi connectivity index (χ1) is 10.1. The van der Waals surface area contributed by atoms with E-state index >= 15 is 0 Å². The van der Waals surface area contributed by atoms with Crippen molar-refractivity contribution in [1.82, 2.24) is 15.3 Å². The van der Waals surface area contributed by atoms with Crippen LogP contribution in [0, 0.1) is 13.8 Å². The Hall–Kier alpha value is -2.43. The first kappa shape index (κ1) is 15.0. The van der Waals surface area contributed by atoms with E-state index in [-0.39, 0.29) is 5.91 Å². The zero-order valence-corrected chi connectivity index (χ0v) is 12.6. The molecule has 2 N–H and O–H groups in total. The third kappa shape index (κ3) is 4.27. The lowest BCUT2D eigenvalue weighted by Gasteiger charge is -2.09.